The molecule has 0 amide bonds. The summed E-state index contributed by atoms with van der Waals surface area (Å²) in [6, 6.07) is 4.20. The van der Waals surface area contributed by atoms with Gasteiger partial charge in [0.05, 0.1) is 18.0 Å². The fourth-order valence-electron chi connectivity index (χ4n) is 3.61. The van der Waals surface area contributed by atoms with E-state index in [1.54, 1.807) is 7.11 Å². The average molecular weight is 358 g/mol. The van der Waals surface area contributed by atoms with Crippen LogP contribution >= 0.6 is 11.5 Å². The summed E-state index contributed by atoms with van der Waals surface area (Å²) < 4.78 is 10.7. The van der Waals surface area contributed by atoms with Crippen molar-refractivity contribution >= 4 is 32.7 Å². The van der Waals surface area contributed by atoms with Gasteiger partial charge in [-0.3, -0.25) is 14.0 Å². The number of unbranched alkanes of at least 4 members (excludes halogenated alkanes) is 2. The molecular formula is C19H22N2O3S. The minimum absolute atomic E-state index is 0.192. The summed E-state index contributed by atoms with van der Waals surface area (Å²) >= 11 is 1.25. The lowest BCUT2D eigenvalue weighted by atomic mass is 10.0. The quantitative estimate of drug-likeness (QED) is 0.678. The second kappa shape index (κ2) is 6.33. The van der Waals surface area contributed by atoms with E-state index in [9.17, 15) is 9.59 Å². The molecule has 1 aliphatic rings. The molecule has 0 unspecified atom stereocenters. The topological polar surface area (TPSA) is 64.1 Å². The molecule has 1 saturated carbocycles. The van der Waals surface area contributed by atoms with Gasteiger partial charge < -0.3 is 9.30 Å². The van der Waals surface area contributed by atoms with Crippen LogP contribution < -0.4 is 15.7 Å². The van der Waals surface area contributed by atoms with Crippen molar-refractivity contribution in [2.45, 2.75) is 51.5 Å². The molecule has 25 heavy (non-hydrogen) atoms. The van der Waals surface area contributed by atoms with Crippen LogP contribution in [0.1, 0.15) is 50.6 Å². The molecule has 0 saturated heterocycles. The van der Waals surface area contributed by atoms with Crippen molar-refractivity contribution in [2.75, 3.05) is 7.11 Å². The third kappa shape index (κ3) is 2.59. The van der Waals surface area contributed by atoms with E-state index in [0.29, 0.717) is 11.4 Å². The van der Waals surface area contributed by atoms with Crippen LogP contribution in [0.2, 0.25) is 0 Å². The predicted molar refractivity (Wildman–Crippen MR) is 102 cm³/mol. The van der Waals surface area contributed by atoms with Crippen LogP contribution in [-0.4, -0.2) is 16.1 Å². The highest BCUT2D eigenvalue weighted by Gasteiger charge is 2.30. The van der Waals surface area contributed by atoms with Gasteiger partial charge in [-0.05, 0) is 48.8 Å². The molecule has 6 heteroatoms. The molecule has 0 atom stereocenters. The van der Waals surface area contributed by atoms with Crippen LogP contribution in [0.15, 0.2) is 21.7 Å². The van der Waals surface area contributed by atoms with E-state index in [1.165, 1.54) is 24.4 Å². The summed E-state index contributed by atoms with van der Waals surface area (Å²) in [6.07, 6.45) is 6.53. The summed E-state index contributed by atoms with van der Waals surface area (Å²) in [5.41, 5.74) is 1.52. The predicted octanol–water partition coefficient (Wildman–Crippen LogP) is 3.98. The zero-order valence-electron chi connectivity index (χ0n) is 14.6. The molecule has 0 bridgehead atoms. The van der Waals surface area contributed by atoms with Crippen LogP contribution in [0.5, 0.6) is 5.75 Å². The van der Waals surface area contributed by atoms with Crippen molar-refractivity contribution in [3.8, 4) is 5.75 Å². The molecule has 0 aliphatic heterocycles. The number of aromatic nitrogens is 2. The summed E-state index contributed by atoms with van der Waals surface area (Å²) in [7, 11) is 1.67. The number of methoxy groups -OCH3 is 1. The molecule has 1 aromatic carbocycles. The summed E-state index contributed by atoms with van der Waals surface area (Å²) in [5, 5.41) is 0.865. The average Bonchev–Trinajstić information content (AvgIpc) is 3.37. The molecule has 2 heterocycles. The van der Waals surface area contributed by atoms with Gasteiger partial charge >= 0.3 is 0 Å². The third-order valence-electron chi connectivity index (χ3n) is 4.99. The molecule has 2 aromatic heterocycles. The summed E-state index contributed by atoms with van der Waals surface area (Å²) in [6.45, 7) is 2.19. The number of fused-ring (bicyclic) bond motifs is 2. The maximum Gasteiger partial charge on any atom is 0.271 e. The van der Waals surface area contributed by atoms with Crippen molar-refractivity contribution in [1.29, 1.82) is 0 Å². The first-order chi connectivity index (χ1) is 12.2. The number of nitrogens with one attached hydrogen (secondary N) is 1. The van der Waals surface area contributed by atoms with E-state index in [2.05, 4.69) is 15.9 Å². The number of rotatable bonds is 6. The molecule has 1 fully saturated rings. The minimum atomic E-state index is -0.285. The maximum absolute atomic E-state index is 12.9. The highest BCUT2D eigenvalue weighted by atomic mass is 32.1. The van der Waals surface area contributed by atoms with Crippen molar-refractivity contribution < 1.29 is 4.74 Å². The number of pyridine rings is 1. The van der Waals surface area contributed by atoms with Crippen molar-refractivity contribution in [3.05, 3.63) is 38.3 Å². The lowest BCUT2D eigenvalue weighted by molar-refractivity contribution is 0.411. The van der Waals surface area contributed by atoms with Crippen LogP contribution in [0.25, 0.3) is 21.1 Å². The van der Waals surface area contributed by atoms with E-state index < -0.39 is 0 Å². The Morgan fingerprint density at radius 3 is 2.76 bits per heavy atom. The second-order valence-electron chi connectivity index (χ2n) is 6.75. The molecule has 1 aliphatic carbocycles. The van der Waals surface area contributed by atoms with Gasteiger partial charge in [-0.1, -0.05) is 25.8 Å². The van der Waals surface area contributed by atoms with Crippen molar-refractivity contribution in [1.82, 2.24) is 8.94 Å². The van der Waals surface area contributed by atoms with Crippen LogP contribution in [-0.2, 0) is 6.42 Å². The highest BCUT2D eigenvalue weighted by Crippen LogP contribution is 2.42. The fourth-order valence-corrected chi connectivity index (χ4v) is 4.52. The normalized spacial score (nSPS) is 14.5. The fraction of sp³-hybridized carbons (Fsp3) is 0.474. The lowest BCUT2D eigenvalue weighted by Crippen LogP contribution is -2.16. The molecule has 1 N–H and O–H groups in total. The molecule has 4 rings (SSSR count). The van der Waals surface area contributed by atoms with Gasteiger partial charge in [-0.15, -0.1) is 0 Å². The van der Waals surface area contributed by atoms with Crippen LogP contribution in [0.3, 0.4) is 0 Å². The number of aromatic amines is 1. The number of nitrogens with zero attached hydrogens (tertiary/aromatic N) is 1. The smallest absolute Gasteiger partial charge is 0.271 e. The van der Waals surface area contributed by atoms with Crippen LogP contribution in [0, 0.1) is 0 Å². The number of hydrogen-bond acceptors (Lipinski definition) is 4. The Morgan fingerprint density at radius 2 is 2.08 bits per heavy atom. The first-order valence-electron chi connectivity index (χ1n) is 8.92. The van der Waals surface area contributed by atoms with Gasteiger partial charge in [-0.2, -0.15) is 0 Å². The zero-order valence-corrected chi connectivity index (χ0v) is 15.4. The SMILES string of the molecule is CCCCCc1ccc2c(=O)c3c(=O)[nH]sc3n(C3CC3)c2c1OC. The number of H-pyrrole nitrogens is 1. The molecule has 132 valence electrons. The monoisotopic (exact) mass is 358 g/mol. The number of hydrogen-bond donors (Lipinski definition) is 1. The highest BCUT2D eigenvalue weighted by molar-refractivity contribution is 7.12. The van der Waals surface area contributed by atoms with E-state index in [0.717, 1.165) is 47.3 Å². The van der Waals surface area contributed by atoms with Gasteiger partial charge in [-0.25, -0.2) is 0 Å². The van der Waals surface area contributed by atoms with E-state index >= 15 is 0 Å². The minimum Gasteiger partial charge on any atom is -0.494 e. The van der Waals surface area contributed by atoms with E-state index in [4.69, 9.17) is 4.74 Å². The van der Waals surface area contributed by atoms with Gasteiger partial charge in [0.15, 0.2) is 0 Å². The number of benzene rings is 1. The Labute approximate surface area is 149 Å². The number of aryl methyl sites for hydroxylation is 1. The Balaban J connectivity index is 2.06. The maximum atomic E-state index is 12.9. The largest absolute Gasteiger partial charge is 0.494 e. The van der Waals surface area contributed by atoms with Gasteiger partial charge in [0, 0.05) is 6.04 Å². The van der Waals surface area contributed by atoms with Gasteiger partial charge in [0.25, 0.3) is 5.56 Å². The molecular weight excluding hydrogens is 336 g/mol. The Kier molecular flexibility index (Phi) is 4.15. The van der Waals surface area contributed by atoms with Gasteiger partial charge in [0.2, 0.25) is 5.43 Å². The first kappa shape index (κ1) is 16.4. The summed E-state index contributed by atoms with van der Waals surface area (Å²) in [5.74, 6) is 0.792. The zero-order chi connectivity index (χ0) is 17.6. The van der Waals surface area contributed by atoms with Gasteiger partial charge in [0.1, 0.15) is 16.0 Å². The van der Waals surface area contributed by atoms with Crippen LogP contribution in [0.4, 0.5) is 0 Å². The van der Waals surface area contributed by atoms with Crippen molar-refractivity contribution in [2.24, 2.45) is 0 Å². The van der Waals surface area contributed by atoms with E-state index in [1.807, 2.05) is 12.1 Å². The van der Waals surface area contributed by atoms with Crippen molar-refractivity contribution in [3.63, 3.8) is 0 Å². The molecule has 0 radical (unpaired) electrons. The summed E-state index contributed by atoms with van der Waals surface area (Å²) in [4.78, 5) is 25.8. The lowest BCUT2D eigenvalue weighted by Gasteiger charge is -2.17. The Bertz CT molecular complexity index is 1060. The van der Waals surface area contributed by atoms with E-state index in [-0.39, 0.29) is 16.4 Å². The Hall–Kier alpha value is -2.08. The third-order valence-corrected chi connectivity index (χ3v) is 5.87. The molecule has 0 spiro atoms. The second-order valence-corrected chi connectivity index (χ2v) is 7.55. The molecule has 5 nitrogen and oxygen atoms in total. The Morgan fingerprint density at radius 1 is 1.28 bits per heavy atom. The standard InChI is InChI=1S/C19H22N2O3S/c1-3-4-5-6-11-7-10-13-15(17(11)24-2)21(12-8-9-12)19-14(16(13)22)18(23)20-25-19/h7,10,12H,3-6,8-9H2,1-2H3,(H,20,23). The first-order valence-corrected chi connectivity index (χ1v) is 9.74. The molecule has 3 aromatic rings. The number of ether oxygens (including phenoxy) is 1.